The highest BCUT2D eigenvalue weighted by Gasteiger charge is 2.13. The van der Waals surface area contributed by atoms with Gasteiger partial charge in [-0.05, 0) is 42.7 Å². The molecule has 0 radical (unpaired) electrons. The van der Waals surface area contributed by atoms with Gasteiger partial charge in [0.2, 0.25) is 0 Å². The summed E-state index contributed by atoms with van der Waals surface area (Å²) in [5.41, 5.74) is 3.68. The first-order valence-electron chi connectivity index (χ1n) is 6.18. The summed E-state index contributed by atoms with van der Waals surface area (Å²) in [4.78, 5) is 8.70. The van der Waals surface area contributed by atoms with Crippen molar-refractivity contribution in [2.75, 3.05) is 0 Å². The van der Waals surface area contributed by atoms with Gasteiger partial charge in [0.15, 0.2) is 0 Å². The fourth-order valence-corrected chi connectivity index (χ4v) is 2.06. The monoisotopic (exact) mass is 216 g/mol. The molecule has 86 valence electrons. The molecule has 1 heterocycles. The van der Waals surface area contributed by atoms with Crippen LogP contribution in [0.4, 0.5) is 0 Å². The zero-order valence-corrected chi connectivity index (χ0v) is 10.4. The maximum atomic E-state index is 4.39. The molecular formula is C14H20N2. The van der Waals surface area contributed by atoms with Crippen LogP contribution >= 0.6 is 0 Å². The van der Waals surface area contributed by atoms with E-state index in [1.807, 2.05) is 0 Å². The molecule has 1 aromatic heterocycles. The van der Waals surface area contributed by atoms with Crippen molar-refractivity contribution in [3.63, 3.8) is 0 Å². The third-order valence-corrected chi connectivity index (χ3v) is 3.28. The number of rotatable bonds is 2. The minimum absolute atomic E-state index is 0.477. The Kier molecular flexibility index (Phi) is 3.37. The van der Waals surface area contributed by atoms with Crippen molar-refractivity contribution in [1.29, 1.82) is 0 Å². The number of nitrogens with zero attached hydrogens (tertiary/aromatic N) is 2. The van der Waals surface area contributed by atoms with Gasteiger partial charge in [-0.25, -0.2) is 9.97 Å². The standard InChI is InChI=1S/C14H20N2/c1-10(2)13-8-14(16-9-15-13)12-6-4-11(3)5-7-12/h6,8-11H,4-5,7H2,1-3H3. The van der Waals surface area contributed by atoms with Crippen molar-refractivity contribution >= 4 is 5.57 Å². The molecule has 0 aliphatic heterocycles. The Morgan fingerprint density at radius 1 is 1.31 bits per heavy atom. The molecule has 0 fully saturated rings. The second kappa shape index (κ2) is 4.77. The van der Waals surface area contributed by atoms with Crippen LogP contribution in [0.15, 0.2) is 18.5 Å². The third kappa shape index (κ3) is 2.49. The topological polar surface area (TPSA) is 25.8 Å². The van der Waals surface area contributed by atoms with Gasteiger partial charge in [0, 0.05) is 5.69 Å². The molecule has 1 atom stereocenters. The van der Waals surface area contributed by atoms with Gasteiger partial charge in [-0.1, -0.05) is 26.8 Å². The maximum absolute atomic E-state index is 4.39. The van der Waals surface area contributed by atoms with E-state index in [1.54, 1.807) is 6.33 Å². The van der Waals surface area contributed by atoms with Gasteiger partial charge in [-0.15, -0.1) is 0 Å². The molecule has 0 spiro atoms. The van der Waals surface area contributed by atoms with E-state index in [9.17, 15) is 0 Å². The van der Waals surface area contributed by atoms with Gasteiger partial charge in [0.1, 0.15) is 6.33 Å². The summed E-state index contributed by atoms with van der Waals surface area (Å²) in [6.07, 6.45) is 7.68. The third-order valence-electron chi connectivity index (χ3n) is 3.28. The van der Waals surface area contributed by atoms with Crippen LogP contribution in [-0.4, -0.2) is 9.97 Å². The lowest BCUT2D eigenvalue weighted by Crippen LogP contribution is -2.03. The van der Waals surface area contributed by atoms with E-state index in [2.05, 4.69) is 42.9 Å². The second-order valence-corrected chi connectivity index (χ2v) is 5.09. The molecule has 1 aliphatic carbocycles. The van der Waals surface area contributed by atoms with Crippen LogP contribution in [0.2, 0.25) is 0 Å². The Balaban J connectivity index is 2.24. The minimum atomic E-state index is 0.477. The van der Waals surface area contributed by atoms with E-state index in [4.69, 9.17) is 0 Å². The van der Waals surface area contributed by atoms with Gasteiger partial charge < -0.3 is 0 Å². The number of hydrogen-bond acceptors (Lipinski definition) is 2. The van der Waals surface area contributed by atoms with Crippen LogP contribution in [0.5, 0.6) is 0 Å². The Hall–Kier alpha value is -1.18. The average Bonchev–Trinajstić information content (AvgIpc) is 2.30. The SMILES string of the molecule is CC1CC=C(c2cc(C(C)C)ncn2)CC1. The zero-order valence-electron chi connectivity index (χ0n) is 10.4. The molecule has 0 bridgehead atoms. The molecule has 2 heteroatoms. The van der Waals surface area contributed by atoms with Crippen molar-refractivity contribution in [3.8, 4) is 0 Å². The van der Waals surface area contributed by atoms with Crippen molar-refractivity contribution in [2.24, 2.45) is 5.92 Å². The average molecular weight is 216 g/mol. The van der Waals surface area contributed by atoms with Gasteiger partial charge >= 0.3 is 0 Å². The van der Waals surface area contributed by atoms with E-state index in [1.165, 1.54) is 18.4 Å². The number of aromatic nitrogens is 2. The Morgan fingerprint density at radius 2 is 2.12 bits per heavy atom. The molecule has 1 aliphatic rings. The predicted molar refractivity (Wildman–Crippen MR) is 67.1 cm³/mol. The second-order valence-electron chi connectivity index (χ2n) is 5.09. The molecule has 2 rings (SSSR count). The highest BCUT2D eigenvalue weighted by molar-refractivity contribution is 5.63. The van der Waals surface area contributed by atoms with Crippen molar-refractivity contribution in [1.82, 2.24) is 9.97 Å². The van der Waals surface area contributed by atoms with Gasteiger partial charge in [-0.3, -0.25) is 0 Å². The van der Waals surface area contributed by atoms with Gasteiger partial charge in [0.05, 0.1) is 5.69 Å². The molecule has 16 heavy (non-hydrogen) atoms. The Labute approximate surface area is 97.8 Å². The van der Waals surface area contributed by atoms with Crippen LogP contribution in [-0.2, 0) is 0 Å². The van der Waals surface area contributed by atoms with Crippen LogP contribution in [0.1, 0.15) is 57.3 Å². The zero-order chi connectivity index (χ0) is 11.5. The minimum Gasteiger partial charge on any atom is -0.241 e. The quantitative estimate of drug-likeness (QED) is 0.751. The molecule has 2 nitrogen and oxygen atoms in total. The maximum Gasteiger partial charge on any atom is 0.116 e. The van der Waals surface area contributed by atoms with Crippen LogP contribution < -0.4 is 0 Å². The summed E-state index contributed by atoms with van der Waals surface area (Å²) < 4.78 is 0. The highest BCUT2D eigenvalue weighted by atomic mass is 14.8. The van der Waals surface area contributed by atoms with Gasteiger partial charge in [0.25, 0.3) is 0 Å². The van der Waals surface area contributed by atoms with Gasteiger partial charge in [-0.2, -0.15) is 0 Å². The first kappa shape index (κ1) is 11.3. The van der Waals surface area contributed by atoms with E-state index >= 15 is 0 Å². The van der Waals surface area contributed by atoms with E-state index in [-0.39, 0.29) is 0 Å². The van der Waals surface area contributed by atoms with Crippen LogP contribution in [0.3, 0.4) is 0 Å². The first-order valence-corrected chi connectivity index (χ1v) is 6.18. The summed E-state index contributed by atoms with van der Waals surface area (Å²) in [6, 6.07) is 2.15. The fraction of sp³-hybridized carbons (Fsp3) is 0.571. The molecular weight excluding hydrogens is 196 g/mol. The largest absolute Gasteiger partial charge is 0.241 e. The molecule has 0 saturated heterocycles. The lowest BCUT2D eigenvalue weighted by molar-refractivity contribution is 0.533. The van der Waals surface area contributed by atoms with Crippen molar-refractivity contribution in [3.05, 3.63) is 29.9 Å². The smallest absolute Gasteiger partial charge is 0.116 e. The Bertz CT molecular complexity index is 393. The molecule has 0 aromatic carbocycles. The summed E-state index contributed by atoms with van der Waals surface area (Å²) in [5.74, 6) is 1.31. The van der Waals surface area contributed by atoms with E-state index in [0.29, 0.717) is 5.92 Å². The van der Waals surface area contributed by atoms with Crippen molar-refractivity contribution in [2.45, 2.75) is 46.0 Å². The fourth-order valence-electron chi connectivity index (χ4n) is 2.06. The predicted octanol–water partition coefficient (Wildman–Crippen LogP) is 3.80. The van der Waals surface area contributed by atoms with E-state index in [0.717, 1.165) is 23.7 Å². The summed E-state index contributed by atoms with van der Waals surface area (Å²) in [6.45, 7) is 6.65. The highest BCUT2D eigenvalue weighted by Crippen LogP contribution is 2.29. The lowest BCUT2D eigenvalue weighted by Gasteiger charge is -2.18. The van der Waals surface area contributed by atoms with Crippen LogP contribution in [0.25, 0.3) is 5.57 Å². The molecule has 0 amide bonds. The normalized spacial score (nSPS) is 21.0. The molecule has 1 unspecified atom stereocenters. The molecule has 0 saturated carbocycles. The first-order chi connectivity index (χ1) is 7.66. The molecule has 1 aromatic rings. The molecule has 0 N–H and O–H groups in total. The number of hydrogen-bond donors (Lipinski definition) is 0. The summed E-state index contributed by atoms with van der Waals surface area (Å²) >= 11 is 0. The van der Waals surface area contributed by atoms with Crippen molar-refractivity contribution < 1.29 is 0 Å². The summed E-state index contributed by atoms with van der Waals surface area (Å²) in [7, 11) is 0. The lowest BCUT2D eigenvalue weighted by atomic mass is 9.89. The van der Waals surface area contributed by atoms with E-state index < -0.39 is 0 Å². The number of allylic oxidation sites excluding steroid dienone is 2. The Morgan fingerprint density at radius 3 is 2.75 bits per heavy atom. The summed E-state index contributed by atoms with van der Waals surface area (Å²) in [5, 5.41) is 0. The van der Waals surface area contributed by atoms with Crippen LogP contribution in [0, 0.1) is 5.92 Å².